The molecule has 70 valence electrons. The quantitative estimate of drug-likeness (QED) is 0.695. The fourth-order valence-electron chi connectivity index (χ4n) is 1.20. The van der Waals surface area contributed by atoms with E-state index in [0.717, 1.165) is 6.20 Å². The van der Waals surface area contributed by atoms with Crippen LogP contribution in [0.4, 0.5) is 4.39 Å². The molecule has 1 N–H and O–H groups in total. The fourth-order valence-corrected chi connectivity index (χ4v) is 1.48. The minimum atomic E-state index is -1.16. The molecule has 1 aromatic rings. The van der Waals surface area contributed by atoms with Gasteiger partial charge in [-0.05, 0) is 6.07 Å². The monoisotopic (exact) mass is 203 g/mol. The molecule has 0 atom stereocenters. The zero-order valence-electron chi connectivity index (χ0n) is 6.63. The smallest absolute Gasteiger partial charge is 0.141 e. The third kappa shape index (κ3) is 1.41. The van der Waals surface area contributed by atoms with Crippen molar-refractivity contribution in [3.8, 4) is 0 Å². The van der Waals surface area contributed by atoms with Crippen LogP contribution in [0.25, 0.3) is 0 Å². The fraction of sp³-hybridized carbons (Fsp3) is 0.375. The summed E-state index contributed by atoms with van der Waals surface area (Å²) < 4.78 is 17.6. The van der Waals surface area contributed by atoms with E-state index in [4.69, 9.17) is 16.3 Å². The van der Waals surface area contributed by atoms with Crippen molar-refractivity contribution in [1.29, 1.82) is 0 Å². The molecule has 0 amide bonds. The number of pyridine rings is 1. The van der Waals surface area contributed by atoms with Gasteiger partial charge in [0.15, 0.2) is 0 Å². The Hall–Kier alpha value is -0.710. The molecular weight excluding hydrogens is 197 g/mol. The molecule has 0 aliphatic carbocycles. The average Bonchev–Trinajstić information content (AvgIpc) is 2.05. The summed E-state index contributed by atoms with van der Waals surface area (Å²) in [6.07, 6.45) is 1.01. The Kier molecular flexibility index (Phi) is 1.98. The van der Waals surface area contributed by atoms with Gasteiger partial charge in [0.25, 0.3) is 0 Å². The van der Waals surface area contributed by atoms with Crippen LogP contribution in [-0.2, 0) is 10.3 Å². The van der Waals surface area contributed by atoms with Crippen LogP contribution in [0.3, 0.4) is 0 Å². The normalized spacial score (nSPS) is 19.6. The van der Waals surface area contributed by atoms with Gasteiger partial charge in [0.2, 0.25) is 0 Å². The van der Waals surface area contributed by atoms with Crippen molar-refractivity contribution in [2.75, 3.05) is 13.2 Å². The number of nitrogens with zero attached hydrogens (tertiary/aromatic N) is 1. The first-order chi connectivity index (χ1) is 6.12. The minimum Gasteiger partial charge on any atom is -0.380 e. The van der Waals surface area contributed by atoms with Crippen molar-refractivity contribution in [3.05, 3.63) is 28.8 Å². The molecule has 1 saturated heterocycles. The summed E-state index contributed by atoms with van der Waals surface area (Å²) in [5.74, 6) is -0.514. The lowest BCUT2D eigenvalue weighted by molar-refractivity contribution is -0.184. The summed E-state index contributed by atoms with van der Waals surface area (Å²) in [7, 11) is 0. The van der Waals surface area contributed by atoms with E-state index in [1.165, 1.54) is 6.07 Å². The standard InChI is InChI=1S/C8H7ClFNO2/c9-7-6(1-5(10)2-11-7)8(12)3-13-4-8/h1-2,12H,3-4H2. The van der Waals surface area contributed by atoms with Crippen molar-refractivity contribution < 1.29 is 14.2 Å². The second kappa shape index (κ2) is 2.90. The topological polar surface area (TPSA) is 42.4 Å². The Morgan fingerprint density at radius 2 is 2.31 bits per heavy atom. The number of ether oxygens (including phenoxy) is 1. The van der Waals surface area contributed by atoms with Gasteiger partial charge in [0, 0.05) is 5.56 Å². The SMILES string of the molecule is OC1(c2cc(F)cnc2Cl)COC1. The van der Waals surface area contributed by atoms with Gasteiger partial charge < -0.3 is 9.84 Å². The summed E-state index contributed by atoms with van der Waals surface area (Å²) in [5.41, 5.74) is -0.868. The molecule has 0 unspecified atom stereocenters. The number of aromatic nitrogens is 1. The average molecular weight is 204 g/mol. The maximum Gasteiger partial charge on any atom is 0.141 e. The highest BCUT2D eigenvalue weighted by Crippen LogP contribution is 2.33. The number of hydrogen-bond acceptors (Lipinski definition) is 3. The zero-order chi connectivity index (χ0) is 9.47. The van der Waals surface area contributed by atoms with Crippen molar-refractivity contribution >= 4 is 11.6 Å². The van der Waals surface area contributed by atoms with Gasteiger partial charge in [-0.1, -0.05) is 11.6 Å². The molecular formula is C8H7ClFNO2. The van der Waals surface area contributed by atoms with E-state index in [-0.39, 0.29) is 18.4 Å². The third-order valence-corrected chi connectivity index (χ3v) is 2.29. The molecule has 0 bridgehead atoms. The first kappa shape index (κ1) is 8.87. The molecule has 13 heavy (non-hydrogen) atoms. The molecule has 1 aliphatic rings. The van der Waals surface area contributed by atoms with Crippen LogP contribution in [0.5, 0.6) is 0 Å². The second-order valence-corrected chi connectivity index (χ2v) is 3.37. The van der Waals surface area contributed by atoms with E-state index < -0.39 is 11.4 Å². The molecule has 2 rings (SSSR count). The van der Waals surface area contributed by atoms with Crippen molar-refractivity contribution in [2.24, 2.45) is 0 Å². The predicted molar refractivity (Wildman–Crippen MR) is 43.9 cm³/mol. The Labute approximate surface area is 79.1 Å². The number of hydrogen-bond donors (Lipinski definition) is 1. The molecule has 0 saturated carbocycles. The van der Waals surface area contributed by atoms with Crippen LogP contribution in [0, 0.1) is 5.82 Å². The van der Waals surface area contributed by atoms with E-state index in [1.807, 2.05) is 0 Å². The molecule has 0 radical (unpaired) electrons. The van der Waals surface area contributed by atoms with Gasteiger partial charge >= 0.3 is 0 Å². The first-order valence-electron chi connectivity index (χ1n) is 3.73. The van der Waals surface area contributed by atoms with Crippen molar-refractivity contribution in [1.82, 2.24) is 4.98 Å². The van der Waals surface area contributed by atoms with Crippen LogP contribution < -0.4 is 0 Å². The summed E-state index contributed by atoms with van der Waals surface area (Å²) >= 11 is 5.70. The highest BCUT2D eigenvalue weighted by molar-refractivity contribution is 6.30. The highest BCUT2D eigenvalue weighted by atomic mass is 35.5. The van der Waals surface area contributed by atoms with Crippen LogP contribution in [0.1, 0.15) is 5.56 Å². The molecule has 1 aliphatic heterocycles. The van der Waals surface area contributed by atoms with Gasteiger partial charge in [-0.15, -0.1) is 0 Å². The maximum absolute atomic E-state index is 12.8. The Bertz CT molecular complexity index is 341. The van der Waals surface area contributed by atoms with Crippen molar-refractivity contribution in [3.63, 3.8) is 0 Å². The Balaban J connectivity index is 2.43. The van der Waals surface area contributed by atoms with Gasteiger partial charge in [-0.3, -0.25) is 0 Å². The summed E-state index contributed by atoms with van der Waals surface area (Å²) in [6.45, 7) is 0.274. The van der Waals surface area contributed by atoms with E-state index >= 15 is 0 Å². The first-order valence-corrected chi connectivity index (χ1v) is 4.11. The second-order valence-electron chi connectivity index (χ2n) is 3.02. The highest BCUT2D eigenvalue weighted by Gasteiger charge is 2.40. The van der Waals surface area contributed by atoms with Crippen LogP contribution in [0.15, 0.2) is 12.3 Å². The summed E-state index contributed by atoms with van der Waals surface area (Å²) in [6, 6.07) is 1.18. The maximum atomic E-state index is 12.8. The lowest BCUT2D eigenvalue weighted by atomic mass is 9.94. The van der Waals surface area contributed by atoms with Crippen molar-refractivity contribution in [2.45, 2.75) is 5.60 Å². The molecule has 2 heterocycles. The summed E-state index contributed by atoms with van der Waals surface area (Å²) in [5, 5.41) is 9.89. The number of halogens is 2. The molecule has 0 spiro atoms. The zero-order valence-corrected chi connectivity index (χ0v) is 7.38. The van der Waals surface area contributed by atoms with E-state index in [1.54, 1.807) is 0 Å². The minimum absolute atomic E-state index is 0.118. The van der Waals surface area contributed by atoms with Crippen LogP contribution >= 0.6 is 11.6 Å². The Morgan fingerprint density at radius 1 is 1.62 bits per heavy atom. The third-order valence-electron chi connectivity index (χ3n) is 1.99. The van der Waals surface area contributed by atoms with Gasteiger partial charge in [-0.25, -0.2) is 9.37 Å². The van der Waals surface area contributed by atoms with Crippen LogP contribution in [0.2, 0.25) is 5.15 Å². The van der Waals surface area contributed by atoms with Gasteiger partial charge in [0.05, 0.1) is 19.4 Å². The van der Waals surface area contributed by atoms with Gasteiger partial charge in [0.1, 0.15) is 16.6 Å². The van der Waals surface area contributed by atoms with E-state index in [0.29, 0.717) is 5.56 Å². The molecule has 1 aromatic heterocycles. The molecule has 5 heteroatoms. The predicted octanol–water partition coefficient (Wildman–Crippen LogP) is 1.09. The lowest BCUT2D eigenvalue weighted by Crippen LogP contribution is -2.46. The van der Waals surface area contributed by atoms with E-state index in [2.05, 4.69) is 4.98 Å². The molecule has 3 nitrogen and oxygen atoms in total. The Morgan fingerprint density at radius 3 is 2.85 bits per heavy atom. The molecule has 1 fully saturated rings. The van der Waals surface area contributed by atoms with Gasteiger partial charge in [-0.2, -0.15) is 0 Å². The molecule has 0 aromatic carbocycles. The summed E-state index contributed by atoms with van der Waals surface area (Å²) in [4.78, 5) is 3.60. The largest absolute Gasteiger partial charge is 0.380 e. The number of aliphatic hydroxyl groups is 1. The van der Waals surface area contributed by atoms with Crippen LogP contribution in [-0.4, -0.2) is 23.3 Å². The lowest BCUT2D eigenvalue weighted by Gasteiger charge is -2.36. The van der Waals surface area contributed by atoms with E-state index in [9.17, 15) is 9.50 Å². The number of rotatable bonds is 1.